The van der Waals surface area contributed by atoms with Gasteiger partial charge in [-0.3, -0.25) is 4.79 Å². The van der Waals surface area contributed by atoms with Gasteiger partial charge in [0.15, 0.2) is 11.6 Å². The Labute approximate surface area is 221 Å². The number of Topliss-reactive ketones (excluding diaryl/α,β-unsaturated/α-hetero) is 1. The smallest absolute Gasteiger partial charge is 0.171 e. The molecular weight excluding hydrogens is 466 g/mol. The summed E-state index contributed by atoms with van der Waals surface area (Å²) >= 11 is 0. The second-order valence-electron chi connectivity index (χ2n) is 12.8. The molecule has 0 unspecified atom stereocenters. The normalized spacial score (nSPS) is 40.3. The lowest BCUT2D eigenvalue weighted by Crippen LogP contribution is -2.57. The molecule has 6 rings (SSSR count). The van der Waals surface area contributed by atoms with Gasteiger partial charge in [-0.25, -0.2) is 0 Å². The molecular formula is C31H43NO5. The Balaban J connectivity index is 1.48. The first-order valence-electron chi connectivity index (χ1n) is 14.3. The van der Waals surface area contributed by atoms with E-state index in [1.165, 1.54) is 16.7 Å². The van der Waals surface area contributed by atoms with Crippen LogP contribution >= 0.6 is 0 Å². The lowest BCUT2D eigenvalue weighted by atomic mass is 9.49. The summed E-state index contributed by atoms with van der Waals surface area (Å²) in [7, 11) is 4.09. The minimum Gasteiger partial charge on any atom is -0.385 e. The Morgan fingerprint density at radius 3 is 2.41 bits per heavy atom. The second kappa shape index (κ2) is 8.64. The van der Waals surface area contributed by atoms with Crippen LogP contribution in [0.1, 0.15) is 83.1 Å². The van der Waals surface area contributed by atoms with Crippen LogP contribution in [0.2, 0.25) is 0 Å². The van der Waals surface area contributed by atoms with E-state index in [0.717, 1.165) is 37.8 Å². The fourth-order valence-corrected chi connectivity index (χ4v) is 9.07. The number of hydrogen-bond donors (Lipinski definition) is 2. The van der Waals surface area contributed by atoms with Gasteiger partial charge in [-0.2, -0.15) is 0 Å². The van der Waals surface area contributed by atoms with Crippen LogP contribution in [0.25, 0.3) is 0 Å². The van der Waals surface area contributed by atoms with Crippen LogP contribution in [-0.4, -0.2) is 60.3 Å². The molecule has 4 aliphatic carbocycles. The van der Waals surface area contributed by atoms with Crippen molar-refractivity contribution in [3.05, 3.63) is 41.0 Å². The van der Waals surface area contributed by atoms with E-state index in [2.05, 4.69) is 36.1 Å². The van der Waals surface area contributed by atoms with Gasteiger partial charge in [-0.1, -0.05) is 31.6 Å². The van der Waals surface area contributed by atoms with Crippen molar-refractivity contribution in [2.75, 3.05) is 32.2 Å². The molecule has 1 aromatic carbocycles. The summed E-state index contributed by atoms with van der Waals surface area (Å²) in [4.78, 5) is 15.3. The zero-order valence-corrected chi connectivity index (χ0v) is 22.9. The molecule has 0 bridgehead atoms. The number of rotatable bonds is 4. The summed E-state index contributed by atoms with van der Waals surface area (Å²) in [6, 6.07) is 8.75. The molecule has 37 heavy (non-hydrogen) atoms. The molecule has 1 saturated heterocycles. The Morgan fingerprint density at radius 2 is 1.76 bits per heavy atom. The van der Waals surface area contributed by atoms with Crippen molar-refractivity contribution in [1.82, 2.24) is 0 Å². The van der Waals surface area contributed by atoms with Crippen molar-refractivity contribution < 1.29 is 24.5 Å². The largest absolute Gasteiger partial charge is 0.385 e. The Kier molecular flexibility index (Phi) is 5.96. The van der Waals surface area contributed by atoms with Gasteiger partial charge in [-0.15, -0.1) is 0 Å². The highest BCUT2D eigenvalue weighted by molar-refractivity contribution is 5.88. The van der Waals surface area contributed by atoms with E-state index in [1.54, 1.807) is 0 Å². The number of carbonyl (C=O) groups excluding carboxylic acids is 1. The van der Waals surface area contributed by atoms with Crippen molar-refractivity contribution in [2.24, 2.45) is 17.3 Å². The molecule has 1 spiro atoms. The first-order chi connectivity index (χ1) is 17.6. The highest BCUT2D eigenvalue weighted by Crippen LogP contribution is 2.68. The molecule has 0 radical (unpaired) electrons. The monoisotopic (exact) mass is 509 g/mol. The number of anilines is 1. The SMILES string of the molecule is CCC(=O)[C@@]1(O)CC[C@H]2[C@@H]3CC[C@@]4(O)CC5(CCC4=C3[C@@H](c3ccc(N(C)C)cc3)C[C@@]21C)OCCO5. The molecule has 4 fully saturated rings. The third-order valence-corrected chi connectivity index (χ3v) is 11.0. The van der Waals surface area contributed by atoms with E-state index in [4.69, 9.17) is 9.47 Å². The van der Waals surface area contributed by atoms with Crippen LogP contribution in [0.4, 0.5) is 5.69 Å². The number of fused-ring (bicyclic) bond motifs is 4. The van der Waals surface area contributed by atoms with Gasteiger partial charge >= 0.3 is 0 Å². The van der Waals surface area contributed by atoms with Gasteiger partial charge < -0.3 is 24.6 Å². The minimum atomic E-state index is -1.28. The maximum Gasteiger partial charge on any atom is 0.171 e. The van der Waals surface area contributed by atoms with Gasteiger partial charge in [0.2, 0.25) is 0 Å². The van der Waals surface area contributed by atoms with Gasteiger partial charge in [0.25, 0.3) is 0 Å². The van der Waals surface area contributed by atoms with E-state index in [9.17, 15) is 15.0 Å². The van der Waals surface area contributed by atoms with Crippen molar-refractivity contribution in [1.29, 1.82) is 0 Å². The van der Waals surface area contributed by atoms with Crippen LogP contribution in [0.3, 0.4) is 0 Å². The van der Waals surface area contributed by atoms with Crippen LogP contribution in [-0.2, 0) is 14.3 Å². The fraction of sp³-hybridized carbons (Fsp3) is 0.710. The number of ether oxygens (including phenoxy) is 2. The summed E-state index contributed by atoms with van der Waals surface area (Å²) in [6.45, 7) is 5.24. The summed E-state index contributed by atoms with van der Waals surface area (Å²) in [5.74, 6) is -0.0903. The molecule has 2 N–H and O–H groups in total. The molecule has 6 nitrogen and oxygen atoms in total. The molecule has 3 saturated carbocycles. The standard InChI is InChI=1S/C31H43NO5/c1-5-26(33)31(35)15-12-24-22-10-13-29(34)19-30(36-16-17-37-30)14-11-25(29)27(22)23(18-28(24,31)2)20-6-8-21(9-7-20)32(3)4/h6-9,22-24,34-35H,5,10-19H2,1-4H3/t22-,23+,24-,28-,29+,31-/m0/s1. The summed E-state index contributed by atoms with van der Waals surface area (Å²) < 4.78 is 12.1. The van der Waals surface area contributed by atoms with Crippen molar-refractivity contribution >= 4 is 11.5 Å². The maximum absolute atomic E-state index is 13.2. The number of nitrogens with zero attached hydrogens (tertiary/aromatic N) is 1. The zero-order valence-electron chi connectivity index (χ0n) is 22.9. The molecule has 1 heterocycles. The second-order valence-corrected chi connectivity index (χ2v) is 12.8. The highest BCUT2D eigenvalue weighted by atomic mass is 16.7. The van der Waals surface area contributed by atoms with Crippen molar-refractivity contribution in [3.8, 4) is 0 Å². The Morgan fingerprint density at radius 1 is 1.05 bits per heavy atom. The molecule has 0 amide bonds. The summed E-state index contributed by atoms with van der Waals surface area (Å²) in [5, 5.41) is 24.1. The fourth-order valence-electron chi connectivity index (χ4n) is 9.07. The average Bonchev–Trinajstić information content (AvgIpc) is 3.44. The van der Waals surface area contributed by atoms with Crippen molar-refractivity contribution in [3.63, 3.8) is 0 Å². The third kappa shape index (κ3) is 3.62. The van der Waals surface area contributed by atoms with E-state index in [-0.39, 0.29) is 23.5 Å². The Bertz CT molecular complexity index is 1110. The number of carbonyl (C=O) groups is 1. The number of allylic oxidation sites excluding steroid dienone is 1. The van der Waals surface area contributed by atoms with Crippen LogP contribution in [0.5, 0.6) is 0 Å². The zero-order chi connectivity index (χ0) is 26.2. The number of hydrogen-bond acceptors (Lipinski definition) is 6. The van der Waals surface area contributed by atoms with E-state index in [1.807, 2.05) is 21.0 Å². The van der Waals surface area contributed by atoms with Gasteiger partial charge in [0, 0.05) is 50.4 Å². The van der Waals surface area contributed by atoms with Crippen LogP contribution in [0.15, 0.2) is 35.4 Å². The lowest BCUT2D eigenvalue weighted by molar-refractivity contribution is -0.208. The molecule has 1 aromatic rings. The van der Waals surface area contributed by atoms with E-state index < -0.39 is 22.4 Å². The number of ketones is 1. The van der Waals surface area contributed by atoms with E-state index >= 15 is 0 Å². The average molecular weight is 510 g/mol. The van der Waals surface area contributed by atoms with Gasteiger partial charge in [0.05, 0.1) is 18.8 Å². The quantitative estimate of drug-likeness (QED) is 0.572. The maximum atomic E-state index is 13.2. The predicted octanol–water partition coefficient (Wildman–Crippen LogP) is 4.73. The first kappa shape index (κ1) is 25.5. The Hall–Kier alpha value is -1.73. The number of aliphatic hydroxyl groups is 2. The summed E-state index contributed by atoms with van der Waals surface area (Å²) in [6.07, 6.45) is 6.09. The molecule has 6 atom stereocenters. The first-order valence-corrected chi connectivity index (χ1v) is 14.3. The minimum absolute atomic E-state index is 0.0160. The number of benzene rings is 1. The lowest BCUT2D eigenvalue weighted by Gasteiger charge is -2.57. The molecule has 1 aliphatic heterocycles. The van der Waals surface area contributed by atoms with Gasteiger partial charge in [-0.05, 0) is 73.6 Å². The van der Waals surface area contributed by atoms with Crippen LogP contribution in [0, 0.1) is 17.3 Å². The molecule has 202 valence electrons. The summed E-state index contributed by atoms with van der Waals surface area (Å²) in [5.41, 5.74) is 2.26. The predicted molar refractivity (Wildman–Crippen MR) is 142 cm³/mol. The van der Waals surface area contributed by atoms with E-state index in [0.29, 0.717) is 38.9 Å². The molecule has 6 heteroatoms. The van der Waals surface area contributed by atoms with Crippen molar-refractivity contribution in [2.45, 2.75) is 94.5 Å². The highest BCUT2D eigenvalue weighted by Gasteiger charge is 2.66. The van der Waals surface area contributed by atoms with Gasteiger partial charge in [0.1, 0.15) is 5.60 Å². The van der Waals surface area contributed by atoms with Crippen LogP contribution < -0.4 is 4.90 Å². The molecule has 5 aliphatic rings. The topological polar surface area (TPSA) is 79.2 Å². The molecule has 0 aromatic heterocycles. The third-order valence-electron chi connectivity index (χ3n) is 11.0.